The van der Waals surface area contributed by atoms with Gasteiger partial charge in [0.25, 0.3) is 0 Å². The van der Waals surface area contributed by atoms with Crippen molar-refractivity contribution in [3.8, 4) is 0 Å². The zero-order valence-electron chi connectivity index (χ0n) is 31.6. The molecule has 7 heteroatoms. The lowest BCUT2D eigenvalue weighted by atomic mass is 9.95. The maximum Gasteiger partial charge on any atom is 0.308 e. The third-order valence-electron chi connectivity index (χ3n) is 9.55. The first kappa shape index (κ1) is 43.1. The molecule has 47 heavy (non-hydrogen) atoms. The standard InChI is InChI=1S/C40H75N3O4/c1-6-10-13-15-16-18-27-38(25-12-8-3)40(45)47-35-22-20-30-42(31-23-32-43-33-28-41-36(43)5)29-19-21-34-46-39(44)37(24-9-4)26-17-14-11-7-2/h28,33,37-38H,6-27,29-32,34-35H2,1-5H3. The molecule has 0 aliphatic carbocycles. The van der Waals surface area contributed by atoms with Crippen LogP contribution in [0.25, 0.3) is 0 Å². The van der Waals surface area contributed by atoms with E-state index in [4.69, 9.17) is 9.47 Å². The normalized spacial score (nSPS) is 12.8. The molecule has 1 aromatic rings. The molecule has 0 aliphatic heterocycles. The zero-order chi connectivity index (χ0) is 34.4. The molecular weight excluding hydrogens is 586 g/mol. The molecule has 0 spiro atoms. The van der Waals surface area contributed by atoms with Gasteiger partial charge in [-0.1, -0.05) is 111 Å². The summed E-state index contributed by atoms with van der Waals surface area (Å²) in [7, 11) is 0. The molecule has 2 atom stereocenters. The summed E-state index contributed by atoms with van der Waals surface area (Å²) in [5, 5.41) is 0. The first-order valence-corrected chi connectivity index (χ1v) is 20.0. The molecule has 0 saturated carbocycles. The molecule has 0 fully saturated rings. The van der Waals surface area contributed by atoms with Gasteiger partial charge in [-0.3, -0.25) is 9.59 Å². The summed E-state index contributed by atoms with van der Waals surface area (Å²) in [5.74, 6) is 1.22. The van der Waals surface area contributed by atoms with Gasteiger partial charge in [0.1, 0.15) is 5.82 Å². The van der Waals surface area contributed by atoms with Crippen LogP contribution in [-0.4, -0.2) is 59.2 Å². The number of esters is 2. The molecular formula is C40H75N3O4. The van der Waals surface area contributed by atoms with Crippen LogP contribution in [0.3, 0.4) is 0 Å². The van der Waals surface area contributed by atoms with Gasteiger partial charge in [0.05, 0.1) is 25.0 Å². The van der Waals surface area contributed by atoms with E-state index in [0.29, 0.717) is 13.2 Å². The lowest BCUT2D eigenvalue weighted by Crippen LogP contribution is -2.29. The molecule has 7 nitrogen and oxygen atoms in total. The number of imidazole rings is 1. The number of ether oxygens (including phenoxy) is 2. The monoisotopic (exact) mass is 662 g/mol. The van der Waals surface area contributed by atoms with Crippen LogP contribution in [0.2, 0.25) is 0 Å². The second-order valence-electron chi connectivity index (χ2n) is 13.8. The quantitative estimate of drug-likeness (QED) is 0.0551. The summed E-state index contributed by atoms with van der Waals surface area (Å²) < 4.78 is 13.8. The highest BCUT2D eigenvalue weighted by atomic mass is 16.5. The Bertz CT molecular complexity index is 873. The highest BCUT2D eigenvalue weighted by Gasteiger charge is 2.20. The lowest BCUT2D eigenvalue weighted by molar-refractivity contribution is -0.150. The van der Waals surface area contributed by atoms with Gasteiger partial charge in [0.2, 0.25) is 0 Å². The Morgan fingerprint density at radius 2 is 1.11 bits per heavy atom. The van der Waals surface area contributed by atoms with Crippen molar-refractivity contribution in [2.45, 2.75) is 182 Å². The zero-order valence-corrected chi connectivity index (χ0v) is 31.6. The van der Waals surface area contributed by atoms with Crippen LogP contribution in [0.5, 0.6) is 0 Å². The fourth-order valence-corrected chi connectivity index (χ4v) is 6.44. The van der Waals surface area contributed by atoms with Crippen LogP contribution >= 0.6 is 0 Å². The molecule has 0 radical (unpaired) electrons. The number of rotatable bonds is 33. The van der Waals surface area contributed by atoms with Gasteiger partial charge in [-0.2, -0.15) is 0 Å². The Kier molecular flexibility index (Phi) is 27.7. The van der Waals surface area contributed by atoms with E-state index in [2.05, 4.69) is 55.3 Å². The highest BCUT2D eigenvalue weighted by Crippen LogP contribution is 2.20. The Balaban J connectivity index is 2.46. The number of nitrogens with zero attached hydrogens (tertiary/aromatic N) is 3. The molecule has 0 N–H and O–H groups in total. The van der Waals surface area contributed by atoms with Gasteiger partial charge in [-0.25, -0.2) is 4.98 Å². The summed E-state index contributed by atoms with van der Waals surface area (Å²) in [5.41, 5.74) is 0. The van der Waals surface area contributed by atoms with E-state index in [-0.39, 0.29) is 23.8 Å². The van der Waals surface area contributed by atoms with Crippen LogP contribution in [0, 0.1) is 18.8 Å². The van der Waals surface area contributed by atoms with Crippen LogP contribution in [0.1, 0.15) is 175 Å². The Hall–Kier alpha value is -1.89. The van der Waals surface area contributed by atoms with E-state index in [1.807, 2.05) is 6.20 Å². The van der Waals surface area contributed by atoms with Crippen molar-refractivity contribution in [2.75, 3.05) is 32.8 Å². The summed E-state index contributed by atoms with van der Waals surface area (Å²) in [6.07, 6.45) is 28.2. The number of hydrogen-bond donors (Lipinski definition) is 0. The topological polar surface area (TPSA) is 73.7 Å². The average molecular weight is 662 g/mol. The van der Waals surface area contributed by atoms with E-state index < -0.39 is 0 Å². The van der Waals surface area contributed by atoms with E-state index in [0.717, 1.165) is 122 Å². The van der Waals surface area contributed by atoms with Crippen LogP contribution in [-0.2, 0) is 25.6 Å². The Morgan fingerprint density at radius 1 is 0.617 bits per heavy atom. The van der Waals surface area contributed by atoms with Gasteiger partial charge in [0, 0.05) is 18.9 Å². The first-order chi connectivity index (χ1) is 23.0. The summed E-state index contributed by atoms with van der Waals surface area (Å²) in [4.78, 5) is 32.6. The maximum atomic E-state index is 12.9. The van der Waals surface area contributed by atoms with E-state index in [1.165, 1.54) is 51.4 Å². The molecule has 1 aromatic heterocycles. The third-order valence-corrected chi connectivity index (χ3v) is 9.55. The fourth-order valence-electron chi connectivity index (χ4n) is 6.44. The van der Waals surface area contributed by atoms with Crippen LogP contribution < -0.4 is 0 Å². The van der Waals surface area contributed by atoms with Gasteiger partial charge in [0.15, 0.2) is 0 Å². The van der Waals surface area contributed by atoms with E-state index in [9.17, 15) is 9.59 Å². The number of carbonyl (C=O) groups is 2. The molecule has 0 aromatic carbocycles. The smallest absolute Gasteiger partial charge is 0.308 e. The minimum Gasteiger partial charge on any atom is -0.465 e. The van der Waals surface area contributed by atoms with Crippen LogP contribution in [0.4, 0.5) is 0 Å². The minimum atomic E-state index is 0.00867. The Labute approximate surface area is 290 Å². The predicted octanol–water partition coefficient (Wildman–Crippen LogP) is 10.5. The second-order valence-corrected chi connectivity index (χ2v) is 13.8. The van der Waals surface area contributed by atoms with Gasteiger partial charge >= 0.3 is 11.9 Å². The molecule has 2 unspecified atom stereocenters. The van der Waals surface area contributed by atoms with Crippen molar-refractivity contribution >= 4 is 11.9 Å². The van der Waals surface area contributed by atoms with Crippen molar-refractivity contribution in [3.63, 3.8) is 0 Å². The molecule has 1 rings (SSSR count). The molecule has 1 heterocycles. The van der Waals surface area contributed by atoms with E-state index in [1.54, 1.807) is 0 Å². The number of aromatic nitrogens is 2. The summed E-state index contributed by atoms with van der Waals surface area (Å²) in [6.45, 7) is 15.9. The molecule has 0 amide bonds. The molecule has 0 bridgehead atoms. The van der Waals surface area contributed by atoms with Crippen LogP contribution in [0.15, 0.2) is 12.4 Å². The van der Waals surface area contributed by atoms with Gasteiger partial charge < -0.3 is 18.9 Å². The predicted molar refractivity (Wildman–Crippen MR) is 197 cm³/mol. The average Bonchev–Trinajstić information content (AvgIpc) is 3.48. The number of aryl methyl sites for hydroxylation is 2. The number of hydrogen-bond acceptors (Lipinski definition) is 6. The van der Waals surface area contributed by atoms with Gasteiger partial charge in [-0.05, 0) is 84.3 Å². The lowest BCUT2D eigenvalue weighted by Gasteiger charge is -2.23. The Morgan fingerprint density at radius 3 is 1.64 bits per heavy atom. The summed E-state index contributed by atoms with van der Waals surface area (Å²) in [6, 6.07) is 0. The van der Waals surface area contributed by atoms with Crippen molar-refractivity contribution in [3.05, 3.63) is 18.2 Å². The summed E-state index contributed by atoms with van der Waals surface area (Å²) >= 11 is 0. The third kappa shape index (κ3) is 22.4. The van der Waals surface area contributed by atoms with E-state index >= 15 is 0 Å². The number of unbranched alkanes of at least 4 members (excludes halogenated alkanes) is 11. The van der Waals surface area contributed by atoms with Crippen molar-refractivity contribution in [1.29, 1.82) is 0 Å². The molecule has 0 aliphatic rings. The largest absolute Gasteiger partial charge is 0.465 e. The minimum absolute atomic E-state index is 0.00867. The number of carbonyl (C=O) groups excluding carboxylic acids is 2. The van der Waals surface area contributed by atoms with Gasteiger partial charge in [-0.15, -0.1) is 0 Å². The second kappa shape index (κ2) is 30.2. The van der Waals surface area contributed by atoms with Crippen molar-refractivity contribution in [1.82, 2.24) is 14.5 Å². The maximum absolute atomic E-state index is 12.9. The molecule has 0 saturated heterocycles. The highest BCUT2D eigenvalue weighted by molar-refractivity contribution is 5.72. The van der Waals surface area contributed by atoms with Crippen molar-refractivity contribution < 1.29 is 19.1 Å². The fraction of sp³-hybridized carbons (Fsp3) is 0.875. The SMILES string of the molecule is CCCCCCCCC(CCCC)C(=O)OCCCCN(CCCCOC(=O)C(CCC)CCCCCC)CCCn1ccnc1C. The first-order valence-electron chi connectivity index (χ1n) is 20.0. The molecule has 274 valence electrons. The van der Waals surface area contributed by atoms with Crippen molar-refractivity contribution in [2.24, 2.45) is 11.8 Å².